The Labute approximate surface area is 63.8 Å². The monoisotopic (exact) mass is 156 g/mol. The molecule has 0 heterocycles. The number of hydrogen-bond acceptors (Lipinski definition) is 4. The topological polar surface area (TPSA) is 80.3 Å². The van der Waals surface area contributed by atoms with Crippen molar-refractivity contribution in [3.8, 4) is 0 Å². The maximum Gasteiger partial charge on any atom is 0.0451 e. The Balaban J connectivity index is 2.65. The largest absolute Gasteiger partial charge is 0.550 e. The summed E-state index contributed by atoms with van der Waals surface area (Å²) in [4.78, 5) is 20.6. The number of carboxylic acids is 2. The van der Waals surface area contributed by atoms with Crippen LogP contribution >= 0.6 is 0 Å². The fraction of sp³-hybridized carbons (Fsp3) is 0.714. The van der Waals surface area contributed by atoms with Crippen LogP contribution in [0.15, 0.2) is 0 Å². The molecule has 2 atom stereocenters. The lowest BCUT2D eigenvalue weighted by Gasteiger charge is -2.20. The number of carbonyl (C=O) groups excluding carboxylic acids is 2. The number of rotatable bonds is 2. The normalized spacial score (nSPS) is 30.2. The second-order valence-corrected chi connectivity index (χ2v) is 2.78. The van der Waals surface area contributed by atoms with Crippen LogP contribution in [-0.2, 0) is 9.59 Å². The first-order valence-corrected chi connectivity index (χ1v) is 3.54. The van der Waals surface area contributed by atoms with Gasteiger partial charge in [-0.05, 0) is 12.8 Å². The van der Waals surface area contributed by atoms with Crippen LogP contribution in [0.3, 0.4) is 0 Å². The molecule has 0 radical (unpaired) electrons. The summed E-state index contributed by atoms with van der Waals surface area (Å²) in [5.74, 6) is -4.20. The molecule has 0 aromatic carbocycles. The number of carboxylic acid groups (broad SMARTS) is 2. The Bertz CT molecular complexity index is 167. The standard InChI is InChI=1S/C7H10O4/c8-6(9)4-2-1-3-5(4)7(10)11/h4-5H,1-3H2,(H,8,9)(H,10,11)/p-2/t4-,5-/m1/s1. The third-order valence-corrected chi connectivity index (χ3v) is 2.12. The van der Waals surface area contributed by atoms with E-state index < -0.39 is 23.8 Å². The van der Waals surface area contributed by atoms with E-state index in [0.717, 1.165) is 0 Å². The molecule has 1 saturated carbocycles. The van der Waals surface area contributed by atoms with Crippen LogP contribution in [0.4, 0.5) is 0 Å². The fourth-order valence-corrected chi connectivity index (χ4v) is 1.52. The maximum absolute atomic E-state index is 10.3. The molecule has 1 aliphatic rings. The van der Waals surface area contributed by atoms with E-state index >= 15 is 0 Å². The quantitative estimate of drug-likeness (QED) is 0.458. The summed E-state index contributed by atoms with van der Waals surface area (Å²) >= 11 is 0. The van der Waals surface area contributed by atoms with Gasteiger partial charge in [-0.25, -0.2) is 0 Å². The van der Waals surface area contributed by atoms with Gasteiger partial charge in [0.05, 0.1) is 0 Å². The van der Waals surface area contributed by atoms with E-state index in [1.54, 1.807) is 0 Å². The van der Waals surface area contributed by atoms with E-state index in [9.17, 15) is 19.8 Å². The summed E-state index contributed by atoms with van der Waals surface area (Å²) < 4.78 is 0. The van der Waals surface area contributed by atoms with Crippen LogP contribution in [0.2, 0.25) is 0 Å². The molecule has 0 aromatic heterocycles. The van der Waals surface area contributed by atoms with E-state index in [0.29, 0.717) is 19.3 Å². The summed E-state index contributed by atoms with van der Waals surface area (Å²) in [5.41, 5.74) is 0. The molecular formula is C7H8O4-2. The van der Waals surface area contributed by atoms with E-state index in [4.69, 9.17) is 0 Å². The molecule has 4 heteroatoms. The first-order chi connectivity index (χ1) is 5.13. The van der Waals surface area contributed by atoms with Gasteiger partial charge in [0.1, 0.15) is 0 Å². The molecule has 1 fully saturated rings. The van der Waals surface area contributed by atoms with Gasteiger partial charge in [-0.3, -0.25) is 0 Å². The molecule has 0 spiro atoms. The molecule has 1 aliphatic carbocycles. The Morgan fingerprint density at radius 2 is 1.36 bits per heavy atom. The smallest absolute Gasteiger partial charge is 0.0451 e. The van der Waals surface area contributed by atoms with Crippen molar-refractivity contribution >= 4 is 11.9 Å². The Morgan fingerprint density at radius 1 is 1.00 bits per heavy atom. The van der Waals surface area contributed by atoms with E-state index in [2.05, 4.69) is 0 Å². The maximum atomic E-state index is 10.3. The van der Waals surface area contributed by atoms with Crippen molar-refractivity contribution < 1.29 is 19.8 Å². The third-order valence-electron chi connectivity index (χ3n) is 2.12. The minimum atomic E-state index is -1.27. The van der Waals surface area contributed by atoms with Crippen LogP contribution in [-0.4, -0.2) is 11.9 Å². The zero-order valence-corrected chi connectivity index (χ0v) is 5.91. The van der Waals surface area contributed by atoms with Gasteiger partial charge >= 0.3 is 0 Å². The van der Waals surface area contributed by atoms with Gasteiger partial charge in [0.15, 0.2) is 0 Å². The van der Waals surface area contributed by atoms with Crippen LogP contribution in [0, 0.1) is 11.8 Å². The Hall–Kier alpha value is -1.06. The van der Waals surface area contributed by atoms with Gasteiger partial charge in [0.2, 0.25) is 0 Å². The van der Waals surface area contributed by atoms with Gasteiger partial charge in [-0.2, -0.15) is 0 Å². The molecule has 62 valence electrons. The lowest BCUT2D eigenvalue weighted by Crippen LogP contribution is -2.41. The van der Waals surface area contributed by atoms with Crippen LogP contribution in [0.1, 0.15) is 19.3 Å². The minimum Gasteiger partial charge on any atom is -0.550 e. The molecule has 0 aliphatic heterocycles. The highest BCUT2D eigenvalue weighted by molar-refractivity contribution is 5.78. The van der Waals surface area contributed by atoms with Gasteiger partial charge in [-0.15, -0.1) is 0 Å². The molecule has 0 bridgehead atoms. The first-order valence-electron chi connectivity index (χ1n) is 3.54. The molecule has 11 heavy (non-hydrogen) atoms. The van der Waals surface area contributed by atoms with Crippen LogP contribution < -0.4 is 10.2 Å². The second-order valence-electron chi connectivity index (χ2n) is 2.78. The highest BCUT2D eigenvalue weighted by Gasteiger charge is 2.28. The zero-order valence-electron chi connectivity index (χ0n) is 5.91. The van der Waals surface area contributed by atoms with Crippen molar-refractivity contribution in [2.75, 3.05) is 0 Å². The van der Waals surface area contributed by atoms with Crippen molar-refractivity contribution in [3.63, 3.8) is 0 Å². The first kappa shape index (κ1) is 8.04. The van der Waals surface area contributed by atoms with E-state index in [1.165, 1.54) is 0 Å². The Morgan fingerprint density at radius 3 is 1.64 bits per heavy atom. The lowest BCUT2D eigenvalue weighted by molar-refractivity contribution is -0.325. The molecule has 4 nitrogen and oxygen atoms in total. The number of carbonyl (C=O) groups is 2. The van der Waals surface area contributed by atoms with Gasteiger partial charge in [-0.1, -0.05) is 6.42 Å². The highest BCUT2D eigenvalue weighted by atomic mass is 16.4. The molecule has 0 amide bonds. The predicted molar refractivity (Wildman–Crippen MR) is 30.8 cm³/mol. The molecule has 0 saturated heterocycles. The van der Waals surface area contributed by atoms with E-state index in [-0.39, 0.29) is 0 Å². The summed E-state index contributed by atoms with van der Waals surface area (Å²) in [6, 6.07) is 0. The average Bonchev–Trinajstić information content (AvgIpc) is 2.32. The van der Waals surface area contributed by atoms with Gasteiger partial charge in [0, 0.05) is 23.8 Å². The van der Waals surface area contributed by atoms with Crippen molar-refractivity contribution in [1.82, 2.24) is 0 Å². The van der Waals surface area contributed by atoms with Crippen molar-refractivity contribution in [3.05, 3.63) is 0 Å². The summed E-state index contributed by atoms with van der Waals surface area (Å²) in [5, 5.41) is 20.6. The summed E-state index contributed by atoms with van der Waals surface area (Å²) in [6.07, 6.45) is 1.44. The summed E-state index contributed by atoms with van der Waals surface area (Å²) in [7, 11) is 0. The highest BCUT2D eigenvalue weighted by Crippen LogP contribution is 2.30. The lowest BCUT2D eigenvalue weighted by atomic mass is 9.97. The van der Waals surface area contributed by atoms with Crippen molar-refractivity contribution in [1.29, 1.82) is 0 Å². The molecule has 0 unspecified atom stereocenters. The van der Waals surface area contributed by atoms with Crippen LogP contribution in [0.5, 0.6) is 0 Å². The van der Waals surface area contributed by atoms with Gasteiger partial charge in [0.25, 0.3) is 0 Å². The van der Waals surface area contributed by atoms with E-state index in [1.807, 2.05) is 0 Å². The fourth-order valence-electron chi connectivity index (χ4n) is 1.52. The van der Waals surface area contributed by atoms with Gasteiger partial charge < -0.3 is 19.8 Å². The molecule has 0 N–H and O–H groups in total. The Kier molecular flexibility index (Phi) is 2.12. The molecule has 1 rings (SSSR count). The van der Waals surface area contributed by atoms with Crippen molar-refractivity contribution in [2.24, 2.45) is 11.8 Å². The van der Waals surface area contributed by atoms with Crippen LogP contribution in [0.25, 0.3) is 0 Å². The number of aliphatic carboxylic acids is 2. The third kappa shape index (κ3) is 1.50. The van der Waals surface area contributed by atoms with Crippen molar-refractivity contribution in [2.45, 2.75) is 19.3 Å². The average molecular weight is 156 g/mol. The zero-order chi connectivity index (χ0) is 8.43. The SMILES string of the molecule is O=C([O-])[C@@H]1CCC[C@H]1C(=O)[O-]. The predicted octanol–water partition coefficient (Wildman–Crippen LogP) is -2.10. The second kappa shape index (κ2) is 2.90. The minimum absolute atomic E-state index is 0.404. The molecular weight excluding hydrogens is 148 g/mol. The summed E-state index contributed by atoms with van der Waals surface area (Å²) in [6.45, 7) is 0. The molecule has 0 aromatic rings. The number of hydrogen-bond donors (Lipinski definition) is 0.